The predicted molar refractivity (Wildman–Crippen MR) is 135 cm³/mol. The largest absolute Gasteiger partial charge is 0.465 e. The Hall–Kier alpha value is -2.68. The molecule has 0 saturated carbocycles. The number of carbonyl (C=O) groups is 3. The van der Waals surface area contributed by atoms with E-state index in [9.17, 15) is 19.5 Å². The smallest absolute Gasteiger partial charge is 0.312 e. The zero-order valence-electron chi connectivity index (χ0n) is 20.3. The molecule has 5 atom stereocenters. The van der Waals surface area contributed by atoms with Gasteiger partial charge in [0.15, 0.2) is 0 Å². The van der Waals surface area contributed by atoms with E-state index < -0.39 is 35.6 Å². The second kappa shape index (κ2) is 11.2. The Morgan fingerprint density at radius 3 is 2.75 bits per heavy atom. The Balaban J connectivity index is 1.64. The zero-order valence-corrected chi connectivity index (χ0v) is 21.1. The molecule has 4 rings (SSSR count). The lowest BCUT2D eigenvalue weighted by Crippen LogP contribution is -2.57. The van der Waals surface area contributed by atoms with Crippen molar-refractivity contribution in [3.05, 3.63) is 54.6 Å². The second-order valence-electron chi connectivity index (χ2n) is 9.45. The minimum Gasteiger partial charge on any atom is -0.465 e. The molecule has 0 aliphatic carbocycles. The maximum atomic E-state index is 14.1. The molecule has 8 nitrogen and oxygen atoms in total. The number of aliphatic hydroxyl groups excluding tert-OH is 1. The van der Waals surface area contributed by atoms with Gasteiger partial charge in [-0.25, -0.2) is 0 Å². The highest BCUT2D eigenvalue weighted by Crippen LogP contribution is 2.58. The summed E-state index contributed by atoms with van der Waals surface area (Å²) in [5, 5.41) is 10.1. The van der Waals surface area contributed by atoms with Gasteiger partial charge >= 0.3 is 5.97 Å². The maximum Gasteiger partial charge on any atom is 0.312 e. The van der Waals surface area contributed by atoms with Crippen molar-refractivity contribution in [2.24, 2.45) is 11.8 Å². The van der Waals surface area contributed by atoms with Crippen LogP contribution < -0.4 is 4.90 Å². The Kier molecular flexibility index (Phi) is 8.17. The van der Waals surface area contributed by atoms with E-state index in [0.29, 0.717) is 30.0 Å². The van der Waals surface area contributed by atoms with Crippen LogP contribution in [0.2, 0.25) is 5.02 Å². The number of allylic oxidation sites excluding steroid dienone is 1. The second-order valence-corrected chi connectivity index (χ2v) is 9.86. The minimum absolute atomic E-state index is 0.0463. The van der Waals surface area contributed by atoms with E-state index in [1.165, 1.54) is 9.80 Å². The van der Waals surface area contributed by atoms with Crippen LogP contribution in [0, 0.1) is 11.8 Å². The quantitative estimate of drug-likeness (QED) is 0.260. The number of esters is 1. The van der Waals surface area contributed by atoms with Crippen molar-refractivity contribution in [3.63, 3.8) is 0 Å². The van der Waals surface area contributed by atoms with Crippen LogP contribution in [0.5, 0.6) is 0 Å². The average molecular weight is 517 g/mol. The lowest BCUT2D eigenvalue weighted by atomic mass is 9.70. The van der Waals surface area contributed by atoms with E-state index in [1.807, 2.05) is 6.08 Å². The Labute approximate surface area is 216 Å². The SMILES string of the molecule is C=CCCCCOC(=O)[C@@H]1[C@@H]2CCC3(O2)C(C(=O)N(CC=C)c2ccccc2Cl)N(CCO)C(=O)[C@H]13. The van der Waals surface area contributed by atoms with Crippen molar-refractivity contribution in [2.45, 2.75) is 49.9 Å². The van der Waals surface area contributed by atoms with Gasteiger partial charge in [-0.1, -0.05) is 35.9 Å². The van der Waals surface area contributed by atoms with Crippen LogP contribution in [0.15, 0.2) is 49.6 Å². The molecule has 3 saturated heterocycles. The number of likely N-dealkylation sites (tertiary alicyclic amines) is 1. The minimum atomic E-state index is -1.17. The van der Waals surface area contributed by atoms with E-state index in [0.717, 1.165) is 12.8 Å². The number of anilines is 1. The summed E-state index contributed by atoms with van der Waals surface area (Å²) in [6, 6.07) is 5.95. The van der Waals surface area contributed by atoms with Crippen LogP contribution >= 0.6 is 11.6 Å². The molecule has 194 valence electrons. The van der Waals surface area contributed by atoms with Gasteiger partial charge in [-0.15, -0.1) is 13.2 Å². The third-order valence-electron chi connectivity index (χ3n) is 7.41. The number of hydrogen-bond acceptors (Lipinski definition) is 6. The summed E-state index contributed by atoms with van der Waals surface area (Å²) in [7, 11) is 0. The number of hydrogen-bond donors (Lipinski definition) is 1. The molecule has 3 fully saturated rings. The highest BCUT2D eigenvalue weighted by atomic mass is 35.5. The topological polar surface area (TPSA) is 96.4 Å². The highest BCUT2D eigenvalue weighted by molar-refractivity contribution is 6.34. The van der Waals surface area contributed by atoms with Crippen molar-refractivity contribution in [3.8, 4) is 0 Å². The van der Waals surface area contributed by atoms with E-state index in [-0.39, 0.29) is 38.1 Å². The molecular weight excluding hydrogens is 484 g/mol. The van der Waals surface area contributed by atoms with Gasteiger partial charge in [0.2, 0.25) is 5.91 Å². The van der Waals surface area contributed by atoms with Crippen LogP contribution in [0.25, 0.3) is 0 Å². The molecule has 2 bridgehead atoms. The summed E-state index contributed by atoms with van der Waals surface area (Å²) in [5.74, 6) is -2.83. The first-order chi connectivity index (χ1) is 17.4. The molecule has 1 N–H and O–H groups in total. The molecule has 0 aromatic heterocycles. The third kappa shape index (κ3) is 4.46. The number of carbonyl (C=O) groups excluding carboxylic acids is 3. The van der Waals surface area contributed by atoms with Crippen molar-refractivity contribution in [1.29, 1.82) is 0 Å². The van der Waals surface area contributed by atoms with Crippen molar-refractivity contribution >= 4 is 35.1 Å². The van der Waals surface area contributed by atoms with E-state index in [1.54, 1.807) is 30.3 Å². The molecule has 3 aliphatic rings. The molecule has 3 heterocycles. The summed E-state index contributed by atoms with van der Waals surface area (Å²) in [6.07, 6.45) is 6.31. The Morgan fingerprint density at radius 1 is 1.28 bits per heavy atom. The van der Waals surface area contributed by atoms with E-state index in [2.05, 4.69) is 13.2 Å². The standard InChI is InChI=1S/C27H33ClN2O6/c1-3-5-6-9-17-35-26(34)21-20-12-13-27(36-20)22(21)24(32)30(15-16-31)23(27)25(33)29(14-4-2)19-11-8-7-10-18(19)28/h3-4,7-8,10-11,20-23,31H,1-2,5-6,9,12-17H2/t20-,21+,22-,23?,27?/m0/s1. The highest BCUT2D eigenvalue weighted by Gasteiger charge is 2.75. The fourth-order valence-corrected chi connectivity index (χ4v) is 6.20. The Bertz CT molecular complexity index is 1030. The number of nitrogens with zero attached hydrogens (tertiary/aromatic N) is 2. The van der Waals surface area contributed by atoms with Crippen LogP contribution in [0.1, 0.15) is 32.1 Å². The molecule has 3 aliphatic heterocycles. The number of amides is 2. The molecular formula is C27H33ClN2O6. The van der Waals surface area contributed by atoms with Gasteiger partial charge in [0.25, 0.3) is 5.91 Å². The number of halogens is 1. The van der Waals surface area contributed by atoms with Crippen LogP contribution in [-0.2, 0) is 23.9 Å². The van der Waals surface area contributed by atoms with E-state index in [4.69, 9.17) is 21.1 Å². The van der Waals surface area contributed by atoms with Crippen LogP contribution in [-0.4, -0.2) is 71.8 Å². The molecule has 2 amide bonds. The van der Waals surface area contributed by atoms with Gasteiger partial charge < -0.3 is 24.4 Å². The van der Waals surface area contributed by atoms with E-state index >= 15 is 0 Å². The molecule has 1 spiro atoms. The zero-order chi connectivity index (χ0) is 25.9. The summed E-state index contributed by atoms with van der Waals surface area (Å²) in [4.78, 5) is 43.8. The summed E-state index contributed by atoms with van der Waals surface area (Å²) in [6.45, 7) is 7.52. The average Bonchev–Trinajstić information content (AvgIpc) is 3.50. The number of fused-ring (bicyclic) bond motifs is 1. The summed E-state index contributed by atoms with van der Waals surface area (Å²) < 4.78 is 11.9. The van der Waals surface area contributed by atoms with Gasteiger partial charge in [0.05, 0.1) is 41.9 Å². The summed E-state index contributed by atoms with van der Waals surface area (Å²) >= 11 is 6.42. The number of β-amino-alcohol motifs (C(OH)–C–C–N with tert-alkyl or cyclic N) is 1. The van der Waals surface area contributed by atoms with Crippen LogP contribution in [0.4, 0.5) is 5.69 Å². The lowest BCUT2D eigenvalue weighted by Gasteiger charge is -2.36. The summed E-state index contributed by atoms with van der Waals surface area (Å²) in [5.41, 5.74) is -0.676. The number of benzene rings is 1. The van der Waals surface area contributed by atoms with Crippen molar-refractivity contribution in [1.82, 2.24) is 4.90 Å². The van der Waals surface area contributed by atoms with Crippen LogP contribution in [0.3, 0.4) is 0 Å². The first-order valence-electron chi connectivity index (χ1n) is 12.4. The van der Waals surface area contributed by atoms with Gasteiger partial charge in [0, 0.05) is 13.1 Å². The van der Waals surface area contributed by atoms with Gasteiger partial charge in [0.1, 0.15) is 11.6 Å². The monoisotopic (exact) mass is 516 g/mol. The fraction of sp³-hybridized carbons (Fsp3) is 0.519. The fourth-order valence-electron chi connectivity index (χ4n) is 5.96. The lowest BCUT2D eigenvalue weighted by molar-refractivity contribution is -0.155. The molecule has 1 aromatic carbocycles. The number of ether oxygens (including phenoxy) is 2. The number of aliphatic hydroxyl groups is 1. The number of para-hydroxylation sites is 1. The van der Waals surface area contributed by atoms with Crippen molar-refractivity contribution < 1.29 is 29.0 Å². The first-order valence-corrected chi connectivity index (χ1v) is 12.8. The third-order valence-corrected chi connectivity index (χ3v) is 7.73. The maximum absolute atomic E-state index is 14.1. The first kappa shape index (κ1) is 26.4. The molecule has 2 unspecified atom stereocenters. The number of rotatable bonds is 12. The molecule has 9 heteroatoms. The molecule has 36 heavy (non-hydrogen) atoms. The predicted octanol–water partition coefficient (Wildman–Crippen LogP) is 3.13. The van der Waals surface area contributed by atoms with Gasteiger partial charge in [-0.05, 0) is 44.2 Å². The molecule has 1 aromatic rings. The normalized spacial score (nSPS) is 28.2. The van der Waals surface area contributed by atoms with Gasteiger partial charge in [-0.3, -0.25) is 14.4 Å². The van der Waals surface area contributed by atoms with Crippen molar-refractivity contribution in [2.75, 3.05) is 31.2 Å². The Morgan fingerprint density at radius 2 is 2.06 bits per heavy atom. The molecule has 0 radical (unpaired) electrons. The van der Waals surface area contributed by atoms with Gasteiger partial charge in [-0.2, -0.15) is 0 Å². The number of unbranched alkanes of at least 4 members (excludes halogenated alkanes) is 2.